The lowest BCUT2D eigenvalue weighted by Crippen LogP contribution is -2.32. The van der Waals surface area contributed by atoms with Gasteiger partial charge in [-0.25, -0.2) is 4.39 Å². The summed E-state index contributed by atoms with van der Waals surface area (Å²) in [6.45, 7) is 0.539. The maximum absolute atomic E-state index is 13.6. The van der Waals surface area contributed by atoms with Gasteiger partial charge in [0.1, 0.15) is 5.82 Å². The monoisotopic (exact) mass is 270 g/mol. The normalized spacial score (nSPS) is 10.9. The Morgan fingerprint density at radius 2 is 1.90 bits per heavy atom. The molecule has 0 aliphatic rings. The number of hydrogen-bond acceptors (Lipinski definition) is 3. The van der Waals surface area contributed by atoms with E-state index in [1.807, 2.05) is 30.3 Å². The van der Waals surface area contributed by atoms with E-state index in [1.54, 1.807) is 10.9 Å². The van der Waals surface area contributed by atoms with Crippen molar-refractivity contribution < 1.29 is 14.4 Å². The van der Waals surface area contributed by atoms with E-state index in [9.17, 15) is 4.39 Å². The Morgan fingerprint density at radius 1 is 1.15 bits per heavy atom. The van der Waals surface area contributed by atoms with E-state index in [1.165, 1.54) is 12.1 Å². The summed E-state index contributed by atoms with van der Waals surface area (Å²) in [6, 6.07) is 12.4. The number of nitrogens with zero attached hydrogens (tertiary/aromatic N) is 2. The second-order valence-corrected chi connectivity index (χ2v) is 4.59. The molecule has 6 heteroatoms. The van der Waals surface area contributed by atoms with Crippen molar-refractivity contribution in [2.45, 2.75) is 6.54 Å². The van der Waals surface area contributed by atoms with E-state index in [0.717, 1.165) is 5.56 Å². The molecule has 4 nitrogen and oxygen atoms in total. The molecule has 0 saturated carbocycles. The van der Waals surface area contributed by atoms with Crippen LogP contribution in [0.2, 0.25) is 0 Å². The number of fused-ring (bicyclic) bond motifs is 1. The van der Waals surface area contributed by atoms with Gasteiger partial charge in [0, 0.05) is 10.8 Å². The third-order valence-electron chi connectivity index (χ3n) is 3.21. The number of rotatable bonds is 3. The van der Waals surface area contributed by atoms with E-state index in [0.29, 0.717) is 17.4 Å². The molecule has 0 amide bonds. The molecule has 0 radical (unpaired) electrons. The number of benzene rings is 2. The molecular weight excluding hydrogens is 258 g/mol. The van der Waals surface area contributed by atoms with Crippen molar-refractivity contribution in [3.8, 4) is 0 Å². The number of halogens is 1. The molecule has 0 saturated heterocycles. The Hall–Kier alpha value is -2.18. The fraction of sp³-hybridized carbons (Fsp3) is 0.0714. The average molecular weight is 270 g/mol. The second-order valence-electron chi connectivity index (χ2n) is 4.59. The summed E-state index contributed by atoms with van der Waals surface area (Å²) >= 11 is 0. The van der Waals surface area contributed by atoms with Crippen LogP contribution in [0.15, 0.2) is 48.7 Å². The predicted octanol–water partition coefficient (Wildman–Crippen LogP) is 0.903. The first kappa shape index (κ1) is 12.8. The van der Waals surface area contributed by atoms with Gasteiger partial charge in [0.05, 0.1) is 18.3 Å². The van der Waals surface area contributed by atoms with Crippen LogP contribution in [0.4, 0.5) is 4.39 Å². The Balaban J connectivity index is 2.06. The third-order valence-corrected chi connectivity index (χ3v) is 3.21. The van der Waals surface area contributed by atoms with Gasteiger partial charge in [-0.05, 0) is 17.7 Å². The second kappa shape index (κ2) is 5.07. The van der Waals surface area contributed by atoms with Gasteiger partial charge in [-0.1, -0.05) is 30.3 Å². The molecule has 0 fully saturated rings. The quantitative estimate of drug-likeness (QED) is 0.695. The molecule has 3 rings (SSSR count). The molecule has 0 bridgehead atoms. The maximum Gasteiger partial charge on any atom is 0.491 e. The maximum atomic E-state index is 13.6. The highest BCUT2D eigenvalue weighted by atomic mass is 19.1. The van der Waals surface area contributed by atoms with Crippen molar-refractivity contribution in [2.24, 2.45) is 0 Å². The summed E-state index contributed by atoms with van der Waals surface area (Å²) < 4.78 is 15.4. The zero-order valence-electron chi connectivity index (χ0n) is 10.6. The van der Waals surface area contributed by atoms with Gasteiger partial charge in [-0.2, -0.15) is 5.10 Å². The Kier molecular flexibility index (Phi) is 3.26. The van der Waals surface area contributed by atoms with Crippen molar-refractivity contribution in [1.82, 2.24) is 9.78 Å². The van der Waals surface area contributed by atoms with E-state index in [2.05, 4.69) is 5.10 Å². The van der Waals surface area contributed by atoms with Gasteiger partial charge in [-0.15, -0.1) is 0 Å². The molecule has 20 heavy (non-hydrogen) atoms. The van der Waals surface area contributed by atoms with Crippen LogP contribution in [0, 0.1) is 5.82 Å². The SMILES string of the molecule is OB(O)c1cc2c(cnn2Cc2ccccc2)cc1F. The smallest absolute Gasteiger partial charge is 0.423 e. The van der Waals surface area contributed by atoms with Crippen molar-refractivity contribution in [3.05, 3.63) is 60.0 Å². The lowest BCUT2D eigenvalue weighted by molar-refractivity contribution is 0.423. The third kappa shape index (κ3) is 2.31. The van der Waals surface area contributed by atoms with Crippen LogP contribution in [-0.4, -0.2) is 26.9 Å². The Labute approximate surface area is 115 Å². The van der Waals surface area contributed by atoms with Gasteiger partial charge >= 0.3 is 7.12 Å². The molecule has 2 N–H and O–H groups in total. The zero-order chi connectivity index (χ0) is 14.1. The van der Waals surface area contributed by atoms with Gasteiger partial charge in [-0.3, -0.25) is 4.68 Å². The topological polar surface area (TPSA) is 58.3 Å². The summed E-state index contributed by atoms with van der Waals surface area (Å²) in [6.07, 6.45) is 1.56. The average Bonchev–Trinajstić information content (AvgIpc) is 2.81. The summed E-state index contributed by atoms with van der Waals surface area (Å²) in [7, 11) is -1.83. The van der Waals surface area contributed by atoms with Crippen LogP contribution in [0.3, 0.4) is 0 Å². The summed E-state index contributed by atoms with van der Waals surface area (Å²) in [5.74, 6) is -0.647. The van der Waals surface area contributed by atoms with Crippen LogP contribution in [0.5, 0.6) is 0 Å². The highest BCUT2D eigenvalue weighted by Gasteiger charge is 2.18. The Bertz CT molecular complexity index is 744. The molecule has 1 aromatic heterocycles. The lowest BCUT2D eigenvalue weighted by atomic mass is 9.79. The van der Waals surface area contributed by atoms with E-state index in [-0.39, 0.29) is 5.46 Å². The summed E-state index contributed by atoms with van der Waals surface area (Å²) in [5.41, 5.74) is 1.58. The molecule has 0 unspecified atom stereocenters. The van der Waals surface area contributed by atoms with Crippen molar-refractivity contribution >= 4 is 23.5 Å². The summed E-state index contributed by atoms with van der Waals surface area (Å²) in [5, 5.41) is 23.2. The van der Waals surface area contributed by atoms with E-state index >= 15 is 0 Å². The highest BCUT2D eigenvalue weighted by Crippen LogP contribution is 2.15. The fourth-order valence-corrected chi connectivity index (χ4v) is 2.19. The number of hydrogen-bond donors (Lipinski definition) is 2. The standard InChI is InChI=1S/C14H12BFN2O2/c16-13-6-11-8-17-18(9-10-4-2-1-3-5-10)14(11)7-12(13)15(19)20/h1-8,19-20H,9H2. The van der Waals surface area contributed by atoms with E-state index in [4.69, 9.17) is 10.0 Å². The van der Waals surface area contributed by atoms with Gasteiger partial charge in [0.25, 0.3) is 0 Å². The zero-order valence-corrected chi connectivity index (χ0v) is 10.6. The predicted molar refractivity (Wildman–Crippen MR) is 75.1 cm³/mol. The van der Waals surface area contributed by atoms with Crippen molar-refractivity contribution in [3.63, 3.8) is 0 Å². The van der Waals surface area contributed by atoms with Crippen molar-refractivity contribution in [2.75, 3.05) is 0 Å². The largest absolute Gasteiger partial charge is 0.491 e. The van der Waals surface area contributed by atoms with Gasteiger partial charge in [0.2, 0.25) is 0 Å². The first-order valence-electron chi connectivity index (χ1n) is 6.20. The Morgan fingerprint density at radius 3 is 2.60 bits per heavy atom. The summed E-state index contributed by atoms with van der Waals surface area (Å²) in [4.78, 5) is 0. The van der Waals surface area contributed by atoms with E-state index < -0.39 is 12.9 Å². The number of aromatic nitrogens is 2. The first-order valence-corrected chi connectivity index (χ1v) is 6.20. The molecule has 1 heterocycles. The van der Waals surface area contributed by atoms with Crippen LogP contribution in [-0.2, 0) is 6.54 Å². The molecule has 3 aromatic rings. The molecule has 0 aliphatic heterocycles. The molecule has 100 valence electrons. The van der Waals surface area contributed by atoms with Crippen molar-refractivity contribution in [1.29, 1.82) is 0 Å². The van der Waals surface area contributed by atoms with Crippen LogP contribution in [0.1, 0.15) is 5.56 Å². The molecular formula is C14H12BFN2O2. The van der Waals surface area contributed by atoms with Crippen LogP contribution >= 0.6 is 0 Å². The minimum Gasteiger partial charge on any atom is -0.423 e. The van der Waals surface area contributed by atoms with Gasteiger partial charge < -0.3 is 10.0 Å². The molecule has 2 aromatic carbocycles. The van der Waals surface area contributed by atoms with Gasteiger partial charge in [0.15, 0.2) is 0 Å². The first-order chi connectivity index (χ1) is 9.65. The minimum atomic E-state index is -1.83. The fourth-order valence-electron chi connectivity index (χ4n) is 2.19. The van der Waals surface area contributed by atoms with Crippen LogP contribution in [0.25, 0.3) is 10.9 Å². The minimum absolute atomic E-state index is 0.146. The lowest BCUT2D eigenvalue weighted by Gasteiger charge is -2.06. The van der Waals surface area contributed by atoms with Crippen LogP contribution < -0.4 is 5.46 Å². The molecule has 0 aliphatic carbocycles. The molecule has 0 atom stereocenters. The molecule has 0 spiro atoms. The highest BCUT2D eigenvalue weighted by molar-refractivity contribution is 6.59.